The summed E-state index contributed by atoms with van der Waals surface area (Å²) < 4.78 is 7.51. The van der Waals surface area contributed by atoms with Crippen LogP contribution in [-0.2, 0) is 25.5 Å². The van der Waals surface area contributed by atoms with Crippen LogP contribution in [0.15, 0.2) is 95.7 Å². The molecule has 0 saturated carbocycles. The van der Waals surface area contributed by atoms with Crippen LogP contribution >= 0.6 is 11.3 Å². The molecule has 0 N–H and O–H groups in total. The summed E-state index contributed by atoms with van der Waals surface area (Å²) in [4.78, 5) is 13.7. The van der Waals surface area contributed by atoms with E-state index in [1.807, 2.05) is 67.7 Å². The minimum atomic E-state index is 0. The topological polar surface area (TPSA) is 51.8 Å². The minimum absolute atomic E-state index is 0. The van der Waals surface area contributed by atoms with E-state index in [4.69, 9.17) is 9.40 Å². The molecule has 0 aliphatic rings. The maximum atomic E-state index is 6.35. The second-order valence-electron chi connectivity index (χ2n) is 10.5. The number of hydrogen-bond donors (Lipinski definition) is 0. The molecule has 7 aromatic rings. The molecule has 0 fully saturated rings. The monoisotopic (exact) mass is 718 g/mol. The maximum Gasteiger partial charge on any atom is 0.148 e. The van der Waals surface area contributed by atoms with Crippen molar-refractivity contribution in [3.8, 4) is 22.5 Å². The van der Waals surface area contributed by atoms with Crippen molar-refractivity contribution in [1.82, 2.24) is 15.0 Å². The fourth-order valence-electron chi connectivity index (χ4n) is 4.39. The number of rotatable bonds is 2. The molecule has 1 radical (unpaired) electrons. The van der Waals surface area contributed by atoms with Crippen LogP contribution in [0.25, 0.3) is 54.7 Å². The Morgan fingerprint density at radius 2 is 1.60 bits per heavy atom. The molecule has 4 heterocycles. The third-order valence-electron chi connectivity index (χ3n) is 6.42. The maximum absolute atomic E-state index is 6.35. The van der Waals surface area contributed by atoms with Gasteiger partial charge in [-0.3, -0.25) is 0 Å². The Kier molecular flexibility index (Phi) is 7.95. The number of furan rings is 1. The zero-order chi connectivity index (χ0) is 27.0. The van der Waals surface area contributed by atoms with E-state index >= 15 is 0 Å². The molecule has 4 nitrogen and oxygen atoms in total. The molecule has 0 unspecified atom stereocenters. The molecule has 7 rings (SSSR count). The van der Waals surface area contributed by atoms with Crippen LogP contribution in [0.5, 0.6) is 0 Å². The quantitative estimate of drug-likeness (QED) is 0.168. The van der Waals surface area contributed by atoms with Gasteiger partial charge in [-0.25, -0.2) is 4.98 Å². The van der Waals surface area contributed by atoms with Crippen LogP contribution in [-0.4, -0.2) is 15.0 Å². The van der Waals surface area contributed by atoms with Crippen molar-refractivity contribution in [1.29, 1.82) is 0 Å². The summed E-state index contributed by atoms with van der Waals surface area (Å²) in [5, 5.41) is 3.29. The van der Waals surface area contributed by atoms with Gasteiger partial charge in [0.2, 0.25) is 0 Å². The number of hydrogen-bond acceptors (Lipinski definition) is 5. The predicted molar refractivity (Wildman–Crippen MR) is 161 cm³/mol. The first-order valence-electron chi connectivity index (χ1n) is 12.9. The smallest absolute Gasteiger partial charge is 0.148 e. The zero-order valence-corrected chi connectivity index (χ0v) is 25.9. The van der Waals surface area contributed by atoms with Crippen molar-refractivity contribution >= 4 is 43.5 Å². The van der Waals surface area contributed by atoms with Crippen molar-refractivity contribution in [2.75, 3.05) is 0 Å². The third-order valence-corrected chi connectivity index (χ3v) is 7.86. The Labute approximate surface area is 251 Å². The van der Waals surface area contributed by atoms with Gasteiger partial charge in [-0.15, -0.1) is 65.4 Å². The number of pyridine rings is 2. The van der Waals surface area contributed by atoms with E-state index in [9.17, 15) is 0 Å². The second-order valence-corrected chi connectivity index (χ2v) is 11.5. The summed E-state index contributed by atoms with van der Waals surface area (Å²) in [6.45, 7) is 8.60. The van der Waals surface area contributed by atoms with Gasteiger partial charge in [-0.05, 0) is 36.0 Å². The normalized spacial score (nSPS) is 11.3. The summed E-state index contributed by atoms with van der Waals surface area (Å²) in [7, 11) is 0. The predicted octanol–water partition coefficient (Wildman–Crippen LogP) is 9.21. The van der Waals surface area contributed by atoms with E-state index in [-0.39, 0.29) is 25.5 Å². The van der Waals surface area contributed by atoms with E-state index in [0.717, 1.165) is 59.7 Å². The van der Waals surface area contributed by atoms with Crippen molar-refractivity contribution in [2.45, 2.75) is 33.1 Å². The van der Waals surface area contributed by atoms with Gasteiger partial charge in [-0.2, -0.15) is 0 Å². The van der Waals surface area contributed by atoms with Gasteiger partial charge in [-0.1, -0.05) is 62.1 Å². The molecule has 0 atom stereocenters. The van der Waals surface area contributed by atoms with Crippen LogP contribution in [0.3, 0.4) is 0 Å². The van der Waals surface area contributed by atoms with Gasteiger partial charge in [0.1, 0.15) is 11.1 Å². The number of fused-ring (bicyclic) bond motifs is 5. The van der Waals surface area contributed by atoms with Crippen LogP contribution in [0.2, 0.25) is 0 Å². The molecule has 4 aromatic heterocycles. The number of aryl methyl sites for hydroxylation is 1. The van der Waals surface area contributed by atoms with Crippen LogP contribution in [0.1, 0.15) is 31.3 Å². The Hall–Kier alpha value is -3.70. The molecule has 0 amide bonds. The fraction of sp³-hybridized carbons (Fsp3) is 0.147. The zero-order valence-electron chi connectivity index (χ0n) is 22.7. The largest absolute Gasteiger partial charge is 0.498 e. The summed E-state index contributed by atoms with van der Waals surface area (Å²) >= 11 is 1.74. The van der Waals surface area contributed by atoms with Crippen molar-refractivity contribution in [3.05, 3.63) is 114 Å². The Morgan fingerprint density at radius 3 is 2.30 bits per heavy atom. The van der Waals surface area contributed by atoms with Gasteiger partial charge >= 0.3 is 0 Å². The van der Waals surface area contributed by atoms with E-state index in [2.05, 4.69) is 67.1 Å². The van der Waals surface area contributed by atoms with Crippen LogP contribution in [0, 0.1) is 19.1 Å². The molecule has 0 aliphatic heterocycles. The first kappa shape index (κ1) is 27.9. The average Bonchev–Trinajstić information content (AvgIpc) is 3.57. The minimum Gasteiger partial charge on any atom is -0.498 e. The second kappa shape index (κ2) is 11.4. The summed E-state index contributed by atoms with van der Waals surface area (Å²) in [6.07, 6.45) is 3.66. The average molecular weight is 718 g/mol. The first-order chi connectivity index (χ1) is 18.9. The van der Waals surface area contributed by atoms with Gasteiger partial charge in [0.05, 0.1) is 15.3 Å². The molecule has 6 heteroatoms. The fourth-order valence-corrected chi connectivity index (χ4v) is 5.41. The summed E-state index contributed by atoms with van der Waals surface area (Å²) in [5.74, 6) is 0. The molecule has 0 spiro atoms. The molecule has 201 valence electrons. The standard InChI is InChI=1S/C22H17N2OS.C12H10N.Ir/c1-22(2,3)21-24-18-17(26-21)11-10-14-13-7-6-8-15(19(13)25-20(14)18)16-9-4-5-12-23-16;1-10-7-8-12(13-9-10)11-5-3-2-4-6-11;/h4-7,9-12H,1-3H3;2-5,7-9H,1H3;/q2*-1;. The summed E-state index contributed by atoms with van der Waals surface area (Å²) in [5.41, 5.74) is 7.59. The van der Waals surface area contributed by atoms with Crippen molar-refractivity contribution < 1.29 is 24.5 Å². The molecule has 0 saturated heterocycles. The number of nitrogens with zero attached hydrogens (tertiary/aromatic N) is 3. The number of aromatic nitrogens is 3. The number of benzene rings is 3. The van der Waals surface area contributed by atoms with Gasteiger partial charge in [0.15, 0.2) is 0 Å². The van der Waals surface area contributed by atoms with Gasteiger partial charge in [0, 0.05) is 43.3 Å². The molecule has 40 heavy (non-hydrogen) atoms. The van der Waals surface area contributed by atoms with E-state index < -0.39 is 0 Å². The number of thiazole rings is 1. The molecule has 0 aliphatic carbocycles. The van der Waals surface area contributed by atoms with Crippen molar-refractivity contribution in [3.63, 3.8) is 0 Å². The third kappa shape index (κ3) is 5.48. The SMILES string of the molecule is CC(C)(C)c1nc2c(ccc3c4cc[c-]c(-c5ccccn5)c4oc32)s1.Cc1ccc(-c2[c-]cccc2)nc1.[Ir]. The molecule has 3 aromatic carbocycles. The molecular weight excluding hydrogens is 691 g/mol. The van der Waals surface area contributed by atoms with Crippen molar-refractivity contribution in [2.24, 2.45) is 0 Å². The van der Waals surface area contributed by atoms with E-state index in [1.165, 1.54) is 5.56 Å². The Morgan fingerprint density at radius 1 is 0.775 bits per heavy atom. The molecular formula is C34H27IrN3OS-2. The van der Waals surface area contributed by atoms with Crippen LogP contribution < -0.4 is 0 Å². The van der Waals surface area contributed by atoms with E-state index in [0.29, 0.717) is 0 Å². The van der Waals surface area contributed by atoms with Gasteiger partial charge in [0.25, 0.3) is 0 Å². The van der Waals surface area contributed by atoms with E-state index in [1.54, 1.807) is 17.5 Å². The summed E-state index contributed by atoms with van der Waals surface area (Å²) in [6, 6.07) is 32.5. The molecule has 0 bridgehead atoms. The Balaban J connectivity index is 0.000000195. The van der Waals surface area contributed by atoms with Gasteiger partial charge < -0.3 is 14.4 Å². The first-order valence-corrected chi connectivity index (χ1v) is 13.7. The van der Waals surface area contributed by atoms with Crippen LogP contribution in [0.4, 0.5) is 0 Å². The Bertz CT molecular complexity index is 1890.